The van der Waals surface area contributed by atoms with E-state index in [1.807, 2.05) is 42.7 Å². The van der Waals surface area contributed by atoms with E-state index in [0.29, 0.717) is 22.9 Å². The van der Waals surface area contributed by atoms with Gasteiger partial charge in [-0.2, -0.15) is 0 Å². The van der Waals surface area contributed by atoms with E-state index in [4.69, 9.17) is 21.8 Å². The van der Waals surface area contributed by atoms with Crippen LogP contribution in [0.1, 0.15) is 22.5 Å². The molecule has 0 aliphatic carbocycles. The van der Waals surface area contributed by atoms with Crippen LogP contribution in [-0.4, -0.2) is 44.6 Å². The van der Waals surface area contributed by atoms with Gasteiger partial charge in [-0.1, -0.05) is 17.7 Å². The molecule has 0 aliphatic rings. The molecule has 0 saturated heterocycles. The molecule has 0 saturated carbocycles. The number of aliphatic carboxylic acids is 2. The molecular weight excluding hydrogens is 410 g/mol. The number of carbonyl (C=O) groups is 3. The van der Waals surface area contributed by atoms with E-state index in [0.717, 1.165) is 36.6 Å². The van der Waals surface area contributed by atoms with Gasteiger partial charge in [-0.25, -0.2) is 9.59 Å². The lowest BCUT2D eigenvalue weighted by Gasteiger charge is -2.10. The molecule has 3 N–H and O–H groups in total. The third kappa shape index (κ3) is 7.06. The highest BCUT2D eigenvalue weighted by molar-refractivity contribution is 6.31. The predicted octanol–water partition coefficient (Wildman–Crippen LogP) is 3.39. The number of carboxylic acids is 2. The molecule has 30 heavy (non-hydrogen) atoms. The minimum absolute atomic E-state index is 0.558. The monoisotopic (exact) mass is 429 g/mol. The van der Waals surface area contributed by atoms with Crippen LogP contribution in [0.25, 0.3) is 10.9 Å². The van der Waals surface area contributed by atoms with Crippen molar-refractivity contribution in [3.8, 4) is 0 Å². The number of benzene rings is 1. The Morgan fingerprint density at radius 1 is 1.13 bits per heavy atom. The average molecular weight is 430 g/mol. The fraction of sp³-hybridized carbons (Fsp3) is 0.143. The van der Waals surface area contributed by atoms with Crippen LogP contribution >= 0.6 is 11.6 Å². The van der Waals surface area contributed by atoms with Crippen molar-refractivity contribution in [1.82, 2.24) is 9.66 Å². The first kappa shape index (κ1) is 22.6. The van der Waals surface area contributed by atoms with E-state index in [2.05, 4.69) is 10.4 Å². The zero-order chi connectivity index (χ0) is 21.9. The molecule has 0 fully saturated rings. The maximum absolute atomic E-state index is 10.8. The van der Waals surface area contributed by atoms with Crippen molar-refractivity contribution in [1.29, 1.82) is 0 Å². The second kappa shape index (κ2) is 11.4. The van der Waals surface area contributed by atoms with Gasteiger partial charge in [-0.15, -0.1) is 0 Å². The quantitative estimate of drug-likeness (QED) is 0.285. The van der Waals surface area contributed by atoms with Gasteiger partial charge in [-0.3, -0.25) is 14.5 Å². The number of aryl methyl sites for hydroxylation is 1. The number of pyridine rings is 1. The summed E-state index contributed by atoms with van der Waals surface area (Å²) in [6, 6.07) is 11.5. The summed E-state index contributed by atoms with van der Waals surface area (Å²) in [6.45, 7) is 0.785. The predicted molar refractivity (Wildman–Crippen MR) is 114 cm³/mol. The van der Waals surface area contributed by atoms with Gasteiger partial charge < -0.3 is 15.6 Å². The molecular formula is C21H20ClN3O5. The van der Waals surface area contributed by atoms with Gasteiger partial charge in [-0.05, 0) is 48.7 Å². The van der Waals surface area contributed by atoms with Crippen molar-refractivity contribution >= 4 is 40.7 Å². The highest BCUT2D eigenvalue weighted by atomic mass is 35.5. The molecule has 0 aliphatic heterocycles. The molecule has 2 aromatic heterocycles. The van der Waals surface area contributed by atoms with Gasteiger partial charge in [0.05, 0.1) is 5.52 Å². The summed E-state index contributed by atoms with van der Waals surface area (Å²) < 4.78 is 1.75. The van der Waals surface area contributed by atoms with Crippen molar-refractivity contribution in [2.45, 2.75) is 12.8 Å². The molecule has 0 bridgehead atoms. The van der Waals surface area contributed by atoms with Crippen molar-refractivity contribution in [2.24, 2.45) is 0 Å². The summed E-state index contributed by atoms with van der Waals surface area (Å²) in [5.74, 6) is -2.51. The molecule has 156 valence electrons. The van der Waals surface area contributed by atoms with Crippen LogP contribution in [0.3, 0.4) is 0 Å². The lowest BCUT2D eigenvalue weighted by Crippen LogP contribution is -2.17. The van der Waals surface area contributed by atoms with Gasteiger partial charge >= 0.3 is 11.9 Å². The Hall–Kier alpha value is -3.65. The molecule has 0 amide bonds. The van der Waals surface area contributed by atoms with Crippen LogP contribution in [0.5, 0.6) is 0 Å². The van der Waals surface area contributed by atoms with Crippen LogP contribution in [0, 0.1) is 0 Å². The van der Waals surface area contributed by atoms with Gasteiger partial charge in [0.1, 0.15) is 5.69 Å². The lowest BCUT2D eigenvalue weighted by molar-refractivity contribution is -0.134. The van der Waals surface area contributed by atoms with Crippen LogP contribution in [0.2, 0.25) is 5.02 Å². The zero-order valence-corrected chi connectivity index (χ0v) is 16.6. The molecule has 3 aromatic rings. The van der Waals surface area contributed by atoms with E-state index in [1.165, 1.54) is 5.56 Å². The maximum atomic E-state index is 10.8. The van der Waals surface area contributed by atoms with Crippen LogP contribution in [0.4, 0.5) is 0 Å². The Balaban J connectivity index is 0.000000343. The molecule has 8 nitrogen and oxygen atoms in total. The Morgan fingerprint density at radius 2 is 1.87 bits per heavy atom. The van der Waals surface area contributed by atoms with E-state index in [9.17, 15) is 14.4 Å². The minimum Gasteiger partial charge on any atom is -0.478 e. The molecule has 0 atom stereocenters. The summed E-state index contributed by atoms with van der Waals surface area (Å²) in [6.07, 6.45) is 7.51. The summed E-state index contributed by atoms with van der Waals surface area (Å²) in [7, 11) is 0. The number of fused-ring (bicyclic) bond motifs is 1. The number of halogens is 1. The molecule has 2 heterocycles. The number of carboxylic acid groups (broad SMARTS) is 2. The lowest BCUT2D eigenvalue weighted by atomic mass is 10.0. The number of hydrogen-bond acceptors (Lipinski definition) is 5. The first-order valence-corrected chi connectivity index (χ1v) is 9.32. The van der Waals surface area contributed by atoms with Crippen LogP contribution in [0.15, 0.2) is 60.9 Å². The number of aromatic nitrogens is 2. The summed E-state index contributed by atoms with van der Waals surface area (Å²) >= 11 is 6.00. The first-order chi connectivity index (χ1) is 14.4. The number of hydrogen-bond donors (Lipinski definition) is 3. The number of aldehydes is 1. The van der Waals surface area contributed by atoms with Crippen molar-refractivity contribution < 1.29 is 24.6 Å². The normalized spacial score (nSPS) is 10.4. The third-order valence-electron chi connectivity index (χ3n) is 3.97. The number of rotatable bonds is 8. The Kier molecular flexibility index (Phi) is 8.58. The largest absolute Gasteiger partial charge is 0.478 e. The topological polar surface area (TPSA) is 122 Å². The first-order valence-electron chi connectivity index (χ1n) is 8.94. The highest BCUT2D eigenvalue weighted by Gasteiger charge is 2.03. The summed E-state index contributed by atoms with van der Waals surface area (Å²) in [4.78, 5) is 34.3. The summed E-state index contributed by atoms with van der Waals surface area (Å²) in [5.41, 5.74) is 6.03. The standard InChI is InChI=1S/C17H16ClN3O.C4H4O4/c18-14-5-6-16-13(7-9-19-17(16)11-14)3-1-8-20-21-10-2-4-15(21)12-22;5-3(6)1-2-4(7)8/h2,4-7,9-12,20H,1,3,8H2;1-2H,(H,5,6)(H,7,8). The van der Waals surface area contributed by atoms with Crippen molar-refractivity contribution in [3.63, 3.8) is 0 Å². The molecule has 0 spiro atoms. The minimum atomic E-state index is -1.26. The van der Waals surface area contributed by atoms with Gasteiger partial charge in [0.2, 0.25) is 0 Å². The molecule has 0 radical (unpaired) electrons. The molecule has 1 aromatic carbocycles. The van der Waals surface area contributed by atoms with Crippen LogP contribution < -0.4 is 5.43 Å². The Bertz CT molecular complexity index is 1050. The number of carbonyl (C=O) groups excluding carboxylic acids is 1. The number of nitrogens with zero attached hydrogens (tertiary/aromatic N) is 2. The van der Waals surface area contributed by atoms with Crippen LogP contribution in [-0.2, 0) is 16.0 Å². The van der Waals surface area contributed by atoms with Crippen molar-refractivity contribution in [2.75, 3.05) is 12.0 Å². The summed E-state index contributed by atoms with van der Waals surface area (Å²) in [5, 5.41) is 17.5. The van der Waals surface area contributed by atoms with Crippen molar-refractivity contribution in [3.05, 3.63) is 77.2 Å². The third-order valence-corrected chi connectivity index (χ3v) is 4.20. The van der Waals surface area contributed by atoms with Gasteiger partial charge in [0, 0.05) is 41.5 Å². The second-order valence-corrected chi connectivity index (χ2v) is 6.51. The molecule has 0 unspecified atom stereocenters. The number of nitrogens with one attached hydrogen (secondary N) is 1. The van der Waals surface area contributed by atoms with E-state index in [-0.39, 0.29) is 0 Å². The SMILES string of the molecule is O=C(O)C=CC(=O)O.O=Cc1cccn1NCCCc1ccnc2cc(Cl)ccc12. The fourth-order valence-corrected chi connectivity index (χ4v) is 2.82. The Morgan fingerprint density at radius 3 is 2.53 bits per heavy atom. The fourth-order valence-electron chi connectivity index (χ4n) is 2.65. The van der Waals surface area contributed by atoms with E-state index >= 15 is 0 Å². The highest BCUT2D eigenvalue weighted by Crippen LogP contribution is 2.21. The average Bonchev–Trinajstić information content (AvgIpc) is 3.17. The Labute approximate surface area is 177 Å². The zero-order valence-electron chi connectivity index (χ0n) is 15.9. The van der Waals surface area contributed by atoms with E-state index in [1.54, 1.807) is 10.7 Å². The molecule has 3 rings (SSSR count). The second-order valence-electron chi connectivity index (χ2n) is 6.07. The van der Waals surface area contributed by atoms with Gasteiger partial charge in [0.25, 0.3) is 0 Å². The van der Waals surface area contributed by atoms with Gasteiger partial charge in [0.15, 0.2) is 6.29 Å². The van der Waals surface area contributed by atoms with E-state index < -0.39 is 11.9 Å². The molecule has 9 heteroatoms. The smallest absolute Gasteiger partial charge is 0.328 e. The maximum Gasteiger partial charge on any atom is 0.328 e.